The van der Waals surface area contributed by atoms with E-state index in [0.29, 0.717) is 34.4 Å². The molecule has 1 aromatic carbocycles. The van der Waals surface area contributed by atoms with Crippen LogP contribution in [0.4, 0.5) is 5.13 Å². The number of benzene rings is 1. The third-order valence-electron chi connectivity index (χ3n) is 9.69. The summed E-state index contributed by atoms with van der Waals surface area (Å²) in [6.07, 6.45) is 13.0. The number of ketones is 1. The second kappa shape index (κ2) is 8.01. The molecule has 176 valence electrons. The number of hydrogen-bond donors (Lipinski definition) is 1. The Morgan fingerprint density at radius 1 is 1.09 bits per heavy atom. The molecule has 1 heterocycles. The number of fused-ring (bicyclic) bond motifs is 5. The molecule has 4 nitrogen and oxygen atoms in total. The van der Waals surface area contributed by atoms with Crippen LogP contribution in [0.3, 0.4) is 0 Å². The van der Waals surface area contributed by atoms with Crippen molar-refractivity contribution in [2.45, 2.75) is 58.3 Å². The van der Waals surface area contributed by atoms with E-state index < -0.39 is 0 Å². The van der Waals surface area contributed by atoms with Gasteiger partial charge in [-0.3, -0.25) is 14.9 Å². The van der Waals surface area contributed by atoms with Crippen molar-refractivity contribution in [2.24, 2.45) is 28.6 Å². The fourth-order valence-corrected chi connectivity index (χ4v) is 8.71. The normalized spacial score (nSPS) is 36.3. The Bertz CT molecular complexity index is 1200. The van der Waals surface area contributed by atoms with E-state index in [4.69, 9.17) is 4.98 Å². The molecule has 0 saturated heterocycles. The van der Waals surface area contributed by atoms with Crippen molar-refractivity contribution < 1.29 is 9.59 Å². The molecule has 2 aromatic rings. The predicted molar refractivity (Wildman–Crippen MR) is 136 cm³/mol. The number of carbonyl (C=O) groups excluding carboxylic acids is 2. The van der Waals surface area contributed by atoms with Crippen molar-refractivity contribution in [3.05, 3.63) is 70.8 Å². The summed E-state index contributed by atoms with van der Waals surface area (Å²) in [6, 6.07) is 9.33. The molecule has 6 rings (SSSR count). The smallest absolute Gasteiger partial charge is 0.257 e. The second-order valence-electron chi connectivity index (χ2n) is 11.2. The zero-order valence-electron chi connectivity index (χ0n) is 19.9. The lowest BCUT2D eigenvalue weighted by Crippen LogP contribution is -2.49. The van der Waals surface area contributed by atoms with Crippen LogP contribution in [0.25, 0.3) is 0 Å². The molecular weight excluding hydrogens is 440 g/mol. The number of nitrogens with one attached hydrogen (secondary N) is 1. The Hall–Kier alpha value is -2.53. The molecule has 1 aromatic heterocycles. The molecule has 34 heavy (non-hydrogen) atoms. The highest BCUT2D eigenvalue weighted by Gasteiger charge is 2.59. The maximum absolute atomic E-state index is 12.6. The van der Waals surface area contributed by atoms with Gasteiger partial charge in [-0.1, -0.05) is 43.7 Å². The number of amides is 1. The minimum absolute atomic E-state index is 0.0474. The van der Waals surface area contributed by atoms with Crippen molar-refractivity contribution >= 4 is 28.2 Å². The van der Waals surface area contributed by atoms with Crippen LogP contribution in [0.1, 0.15) is 74.3 Å². The summed E-state index contributed by atoms with van der Waals surface area (Å²) in [6.45, 7) is 4.87. The lowest BCUT2D eigenvalue weighted by Gasteiger charge is -2.57. The van der Waals surface area contributed by atoms with Gasteiger partial charge in [-0.2, -0.15) is 0 Å². The summed E-state index contributed by atoms with van der Waals surface area (Å²) in [5.41, 5.74) is 3.47. The first-order valence-electron chi connectivity index (χ1n) is 12.6. The molecule has 0 spiro atoms. The van der Waals surface area contributed by atoms with E-state index in [-0.39, 0.29) is 22.5 Å². The Labute approximate surface area is 205 Å². The summed E-state index contributed by atoms with van der Waals surface area (Å²) in [5, 5.41) is 5.86. The van der Waals surface area contributed by atoms with Gasteiger partial charge in [0.25, 0.3) is 5.91 Å². The molecule has 5 heteroatoms. The van der Waals surface area contributed by atoms with Crippen LogP contribution in [-0.2, 0) is 4.79 Å². The predicted octanol–water partition coefficient (Wildman–Crippen LogP) is 6.79. The van der Waals surface area contributed by atoms with Gasteiger partial charge < -0.3 is 0 Å². The highest BCUT2D eigenvalue weighted by Crippen LogP contribution is 2.67. The van der Waals surface area contributed by atoms with Crippen LogP contribution in [0.2, 0.25) is 0 Å². The fourth-order valence-electron chi connectivity index (χ4n) is 7.95. The van der Waals surface area contributed by atoms with Crippen LogP contribution in [-0.4, -0.2) is 16.7 Å². The summed E-state index contributed by atoms with van der Waals surface area (Å²) in [5.74, 6) is 2.54. The number of nitrogens with zero attached hydrogens (tertiary/aromatic N) is 1. The molecule has 1 N–H and O–H groups in total. The summed E-state index contributed by atoms with van der Waals surface area (Å²) in [7, 11) is 0. The van der Waals surface area contributed by atoms with E-state index >= 15 is 0 Å². The molecule has 4 aliphatic carbocycles. The zero-order valence-corrected chi connectivity index (χ0v) is 20.7. The number of carbonyl (C=O) groups is 2. The van der Waals surface area contributed by atoms with Gasteiger partial charge in [0, 0.05) is 22.3 Å². The minimum Gasteiger partial charge on any atom is -0.298 e. The average Bonchev–Trinajstić information content (AvgIpc) is 3.43. The maximum atomic E-state index is 12.6. The Morgan fingerprint density at radius 3 is 2.74 bits per heavy atom. The van der Waals surface area contributed by atoms with Gasteiger partial charge in [0.05, 0.1) is 5.69 Å². The van der Waals surface area contributed by atoms with E-state index in [2.05, 4.69) is 30.6 Å². The monoisotopic (exact) mass is 472 g/mol. The first kappa shape index (κ1) is 22.0. The van der Waals surface area contributed by atoms with Crippen molar-refractivity contribution in [1.82, 2.24) is 4.98 Å². The van der Waals surface area contributed by atoms with Gasteiger partial charge in [0.1, 0.15) is 0 Å². The third kappa shape index (κ3) is 3.35. The van der Waals surface area contributed by atoms with E-state index in [9.17, 15) is 9.59 Å². The molecule has 0 aliphatic heterocycles. The highest BCUT2D eigenvalue weighted by atomic mass is 32.1. The summed E-state index contributed by atoms with van der Waals surface area (Å²) in [4.78, 5) is 29.5. The van der Waals surface area contributed by atoms with E-state index in [1.807, 2.05) is 36.4 Å². The van der Waals surface area contributed by atoms with Crippen LogP contribution in [0.15, 0.2) is 59.5 Å². The molecule has 1 amide bonds. The maximum Gasteiger partial charge on any atom is 0.257 e. The van der Waals surface area contributed by atoms with E-state index in [1.165, 1.54) is 37.7 Å². The first-order chi connectivity index (χ1) is 16.4. The van der Waals surface area contributed by atoms with Gasteiger partial charge in [-0.15, -0.1) is 11.3 Å². The number of rotatable bonds is 3. The Kier molecular flexibility index (Phi) is 5.18. The number of aromatic nitrogens is 1. The minimum atomic E-state index is -0.101. The lowest BCUT2D eigenvalue weighted by molar-refractivity contribution is -0.111. The molecule has 3 fully saturated rings. The third-order valence-corrected chi connectivity index (χ3v) is 10.5. The number of anilines is 1. The van der Waals surface area contributed by atoms with Crippen molar-refractivity contribution in [3.8, 4) is 0 Å². The molecule has 0 bridgehead atoms. The van der Waals surface area contributed by atoms with Gasteiger partial charge in [0.15, 0.2) is 10.9 Å². The Balaban J connectivity index is 1.21. The first-order valence-corrected chi connectivity index (χ1v) is 13.5. The Morgan fingerprint density at radius 2 is 1.91 bits per heavy atom. The van der Waals surface area contributed by atoms with Crippen LogP contribution >= 0.6 is 11.3 Å². The number of hydrogen-bond acceptors (Lipinski definition) is 4. The standard InChI is InChI=1S/C29H32N2O2S/c1-28-14-12-20(32)16-19(28)8-9-21-22-10-11-24(29(22,2)15-13-23(21)28)25-17-34-27(30-25)31-26(33)18-6-4-3-5-7-18/h3-7,12,14,16-17,21-24H,8-11,13,15H2,1-2H3,(H,30,31,33)/t21-,22-,23-,24?,28-,29-/m0/s1. The largest absolute Gasteiger partial charge is 0.298 e. The zero-order chi connectivity index (χ0) is 23.5. The number of thiazole rings is 1. The van der Waals surface area contributed by atoms with Gasteiger partial charge in [0.2, 0.25) is 0 Å². The highest BCUT2D eigenvalue weighted by molar-refractivity contribution is 7.14. The van der Waals surface area contributed by atoms with E-state index in [1.54, 1.807) is 17.4 Å². The molecule has 0 radical (unpaired) electrons. The number of allylic oxidation sites excluding steroid dienone is 4. The van der Waals surface area contributed by atoms with Crippen LogP contribution < -0.4 is 5.32 Å². The molecule has 1 unspecified atom stereocenters. The topological polar surface area (TPSA) is 59.1 Å². The van der Waals surface area contributed by atoms with E-state index in [0.717, 1.165) is 12.1 Å². The molecule has 6 atom stereocenters. The fraction of sp³-hybridized carbons (Fsp3) is 0.483. The second-order valence-corrected chi connectivity index (χ2v) is 12.0. The quantitative estimate of drug-likeness (QED) is 0.535. The van der Waals surface area contributed by atoms with Gasteiger partial charge >= 0.3 is 0 Å². The van der Waals surface area contributed by atoms with Crippen molar-refractivity contribution in [2.75, 3.05) is 5.32 Å². The van der Waals surface area contributed by atoms with Crippen molar-refractivity contribution in [3.63, 3.8) is 0 Å². The van der Waals surface area contributed by atoms with Gasteiger partial charge in [-0.05, 0) is 86.0 Å². The molecule has 4 aliphatic rings. The summed E-state index contributed by atoms with van der Waals surface area (Å²) < 4.78 is 0. The van der Waals surface area contributed by atoms with Crippen LogP contribution in [0.5, 0.6) is 0 Å². The van der Waals surface area contributed by atoms with Crippen LogP contribution in [0, 0.1) is 28.6 Å². The van der Waals surface area contributed by atoms with Gasteiger partial charge in [-0.25, -0.2) is 4.98 Å². The lowest BCUT2D eigenvalue weighted by atomic mass is 9.47. The SMILES string of the molecule is C[C@]12C=CC(=O)C=C1CC[C@@H]1[C@@H]2CC[C@]2(C)C(c3csc(NC(=O)c4ccccc4)n3)CC[C@@H]12. The molecule has 3 saturated carbocycles. The summed E-state index contributed by atoms with van der Waals surface area (Å²) >= 11 is 1.54. The van der Waals surface area contributed by atoms with Crippen molar-refractivity contribution in [1.29, 1.82) is 0 Å². The molecular formula is C29H32N2O2S. The average molecular weight is 473 g/mol.